The average molecular weight is 334 g/mol. The van der Waals surface area contributed by atoms with Gasteiger partial charge in [0, 0.05) is 10.5 Å². The fraction of sp³-hybridized carbons (Fsp3) is 0.294. The van der Waals surface area contributed by atoms with Gasteiger partial charge < -0.3 is 10.5 Å². The largest absolute Gasteiger partial charge is 0.489 e. The summed E-state index contributed by atoms with van der Waals surface area (Å²) >= 11 is 3.51. The fourth-order valence-corrected chi connectivity index (χ4v) is 2.42. The molecule has 0 saturated carbocycles. The number of benzene rings is 2. The van der Waals surface area contributed by atoms with E-state index in [4.69, 9.17) is 10.5 Å². The monoisotopic (exact) mass is 333 g/mol. The van der Waals surface area contributed by atoms with Crippen molar-refractivity contribution in [1.29, 1.82) is 0 Å². The van der Waals surface area contributed by atoms with Crippen LogP contribution in [0.15, 0.2) is 53.0 Å². The van der Waals surface area contributed by atoms with Crippen LogP contribution in [-0.2, 0) is 13.0 Å². The highest BCUT2D eigenvalue weighted by molar-refractivity contribution is 9.10. The molecule has 3 heteroatoms. The third kappa shape index (κ3) is 4.36. The zero-order valence-electron chi connectivity index (χ0n) is 11.7. The molecule has 0 aliphatic heterocycles. The minimum Gasteiger partial charge on any atom is -0.489 e. The van der Waals surface area contributed by atoms with E-state index in [0.717, 1.165) is 28.6 Å². The Hall–Kier alpha value is -1.32. The van der Waals surface area contributed by atoms with E-state index in [1.807, 2.05) is 30.3 Å². The first-order valence-electron chi connectivity index (χ1n) is 6.89. The van der Waals surface area contributed by atoms with E-state index in [1.165, 1.54) is 5.56 Å². The van der Waals surface area contributed by atoms with E-state index in [9.17, 15) is 0 Å². The van der Waals surface area contributed by atoms with E-state index in [0.29, 0.717) is 6.61 Å². The predicted molar refractivity (Wildman–Crippen MR) is 86.9 cm³/mol. The lowest BCUT2D eigenvalue weighted by molar-refractivity contribution is 0.302. The Labute approximate surface area is 129 Å². The summed E-state index contributed by atoms with van der Waals surface area (Å²) in [4.78, 5) is 0. The second-order valence-corrected chi connectivity index (χ2v) is 5.81. The van der Waals surface area contributed by atoms with Crippen LogP contribution < -0.4 is 10.5 Å². The van der Waals surface area contributed by atoms with Gasteiger partial charge in [0.2, 0.25) is 0 Å². The Morgan fingerprint density at radius 1 is 1.15 bits per heavy atom. The summed E-state index contributed by atoms with van der Waals surface area (Å²) in [6, 6.07) is 16.5. The topological polar surface area (TPSA) is 35.2 Å². The molecule has 1 atom stereocenters. The van der Waals surface area contributed by atoms with Gasteiger partial charge in [-0.15, -0.1) is 0 Å². The first-order chi connectivity index (χ1) is 9.69. The number of ether oxygens (including phenoxy) is 1. The summed E-state index contributed by atoms with van der Waals surface area (Å²) in [6.07, 6.45) is 1.80. The van der Waals surface area contributed by atoms with E-state index in [2.05, 4.69) is 41.1 Å². The standard InChI is InChI=1S/C17H20BrNO/c1-2-16(19)11-14-10-15(18)8-9-17(14)20-12-13-6-4-3-5-7-13/h3-10,16H,2,11-12,19H2,1H3. The van der Waals surface area contributed by atoms with E-state index in [-0.39, 0.29) is 6.04 Å². The van der Waals surface area contributed by atoms with Gasteiger partial charge in [0.1, 0.15) is 12.4 Å². The molecule has 2 aromatic carbocycles. The number of nitrogens with two attached hydrogens (primary N) is 1. The number of hydrogen-bond donors (Lipinski definition) is 1. The van der Waals surface area contributed by atoms with E-state index >= 15 is 0 Å². The van der Waals surface area contributed by atoms with Crippen molar-refractivity contribution in [3.63, 3.8) is 0 Å². The van der Waals surface area contributed by atoms with Crippen LogP contribution in [0.25, 0.3) is 0 Å². The molecule has 0 saturated heterocycles. The van der Waals surface area contributed by atoms with Crippen molar-refractivity contribution in [3.8, 4) is 5.75 Å². The van der Waals surface area contributed by atoms with Gasteiger partial charge in [-0.25, -0.2) is 0 Å². The SMILES string of the molecule is CCC(N)Cc1cc(Br)ccc1OCc1ccccc1. The molecule has 0 bridgehead atoms. The van der Waals surface area contributed by atoms with Crippen molar-refractivity contribution in [2.45, 2.75) is 32.4 Å². The molecule has 0 spiro atoms. The average Bonchev–Trinajstić information content (AvgIpc) is 2.47. The molecule has 2 rings (SSSR count). The number of rotatable bonds is 6. The van der Waals surface area contributed by atoms with Crippen molar-refractivity contribution in [2.75, 3.05) is 0 Å². The molecule has 0 amide bonds. The quantitative estimate of drug-likeness (QED) is 0.854. The van der Waals surface area contributed by atoms with Crippen molar-refractivity contribution in [1.82, 2.24) is 0 Å². The van der Waals surface area contributed by atoms with Gasteiger partial charge in [-0.05, 0) is 42.2 Å². The maximum atomic E-state index is 6.06. The third-order valence-corrected chi connectivity index (χ3v) is 3.76. The molecule has 20 heavy (non-hydrogen) atoms. The highest BCUT2D eigenvalue weighted by atomic mass is 79.9. The van der Waals surface area contributed by atoms with Crippen LogP contribution in [-0.4, -0.2) is 6.04 Å². The molecule has 0 aliphatic rings. The summed E-state index contributed by atoms with van der Waals surface area (Å²) in [5.74, 6) is 0.918. The van der Waals surface area contributed by atoms with Gasteiger partial charge in [0.25, 0.3) is 0 Å². The molecule has 106 valence electrons. The van der Waals surface area contributed by atoms with Gasteiger partial charge in [-0.1, -0.05) is 53.2 Å². The van der Waals surface area contributed by atoms with Gasteiger partial charge in [-0.3, -0.25) is 0 Å². The van der Waals surface area contributed by atoms with Crippen LogP contribution in [0.2, 0.25) is 0 Å². The lowest BCUT2D eigenvalue weighted by Crippen LogP contribution is -2.21. The summed E-state index contributed by atoms with van der Waals surface area (Å²) in [5, 5.41) is 0. The van der Waals surface area contributed by atoms with Crippen LogP contribution in [0.3, 0.4) is 0 Å². The number of halogens is 1. The molecule has 2 N–H and O–H groups in total. The molecule has 0 aliphatic carbocycles. The minimum atomic E-state index is 0.170. The van der Waals surface area contributed by atoms with Crippen LogP contribution in [0.4, 0.5) is 0 Å². The Balaban J connectivity index is 2.10. The summed E-state index contributed by atoms with van der Waals surface area (Å²) in [7, 11) is 0. The number of hydrogen-bond acceptors (Lipinski definition) is 2. The molecule has 0 aromatic heterocycles. The zero-order valence-corrected chi connectivity index (χ0v) is 13.3. The maximum Gasteiger partial charge on any atom is 0.123 e. The molecule has 0 heterocycles. The van der Waals surface area contributed by atoms with Crippen molar-refractivity contribution in [2.24, 2.45) is 5.73 Å². The molecular formula is C17H20BrNO. The lowest BCUT2D eigenvalue weighted by Gasteiger charge is -2.15. The summed E-state index contributed by atoms with van der Waals surface area (Å²) in [6.45, 7) is 2.68. The smallest absolute Gasteiger partial charge is 0.123 e. The maximum absolute atomic E-state index is 6.06. The Morgan fingerprint density at radius 2 is 1.90 bits per heavy atom. The normalized spacial score (nSPS) is 12.2. The van der Waals surface area contributed by atoms with Crippen LogP contribution in [0.1, 0.15) is 24.5 Å². The molecule has 0 fully saturated rings. The van der Waals surface area contributed by atoms with Crippen LogP contribution >= 0.6 is 15.9 Å². The molecular weight excluding hydrogens is 314 g/mol. The van der Waals surface area contributed by atoms with Crippen LogP contribution in [0.5, 0.6) is 5.75 Å². The van der Waals surface area contributed by atoms with Gasteiger partial charge in [-0.2, -0.15) is 0 Å². The Kier molecular flexibility index (Phi) is 5.62. The predicted octanol–water partition coefficient (Wildman–Crippen LogP) is 4.31. The van der Waals surface area contributed by atoms with Crippen molar-refractivity contribution < 1.29 is 4.74 Å². The second kappa shape index (κ2) is 7.46. The van der Waals surface area contributed by atoms with Gasteiger partial charge in [0.15, 0.2) is 0 Å². The summed E-state index contributed by atoms with van der Waals surface area (Å²) < 4.78 is 7.01. The second-order valence-electron chi connectivity index (χ2n) is 4.90. The highest BCUT2D eigenvalue weighted by Crippen LogP contribution is 2.25. The fourth-order valence-electron chi connectivity index (χ4n) is 2.01. The van der Waals surface area contributed by atoms with E-state index in [1.54, 1.807) is 0 Å². The molecule has 1 unspecified atom stereocenters. The molecule has 0 radical (unpaired) electrons. The molecule has 2 aromatic rings. The van der Waals surface area contributed by atoms with Crippen molar-refractivity contribution in [3.05, 3.63) is 64.1 Å². The van der Waals surface area contributed by atoms with E-state index < -0.39 is 0 Å². The molecule has 2 nitrogen and oxygen atoms in total. The first kappa shape index (κ1) is 15.1. The van der Waals surface area contributed by atoms with Crippen LogP contribution in [0, 0.1) is 0 Å². The van der Waals surface area contributed by atoms with Crippen molar-refractivity contribution >= 4 is 15.9 Å². The zero-order chi connectivity index (χ0) is 14.4. The minimum absolute atomic E-state index is 0.170. The highest BCUT2D eigenvalue weighted by Gasteiger charge is 2.09. The van der Waals surface area contributed by atoms with Gasteiger partial charge >= 0.3 is 0 Å². The Morgan fingerprint density at radius 3 is 2.60 bits per heavy atom. The Bertz CT molecular complexity index is 542. The third-order valence-electron chi connectivity index (χ3n) is 3.27. The first-order valence-corrected chi connectivity index (χ1v) is 7.69. The summed E-state index contributed by atoms with van der Waals surface area (Å²) in [5.41, 5.74) is 8.39. The van der Waals surface area contributed by atoms with Gasteiger partial charge in [0.05, 0.1) is 0 Å². The lowest BCUT2D eigenvalue weighted by atomic mass is 10.0.